The molecule has 0 fully saturated rings. The third-order valence-electron chi connectivity index (χ3n) is 5.02. The first-order chi connectivity index (χ1) is 13.5. The summed E-state index contributed by atoms with van der Waals surface area (Å²) in [6.45, 7) is 3.31. The number of nitrogens with zero attached hydrogens (tertiary/aromatic N) is 2. The van der Waals surface area contributed by atoms with Crippen molar-refractivity contribution in [2.45, 2.75) is 25.8 Å². The van der Waals surface area contributed by atoms with Gasteiger partial charge in [-0.25, -0.2) is 0 Å². The van der Waals surface area contributed by atoms with Gasteiger partial charge in [-0.15, -0.1) is 11.3 Å². The van der Waals surface area contributed by atoms with Gasteiger partial charge in [-0.05, 0) is 47.5 Å². The molecule has 0 saturated heterocycles. The number of hydrogen-bond donors (Lipinski definition) is 0. The molecule has 28 heavy (non-hydrogen) atoms. The average molecular weight is 421 g/mol. The van der Waals surface area contributed by atoms with Crippen molar-refractivity contribution in [2.75, 3.05) is 33.4 Å². The van der Waals surface area contributed by atoms with Gasteiger partial charge in [0.25, 0.3) is 0 Å². The van der Waals surface area contributed by atoms with E-state index in [0.29, 0.717) is 31.1 Å². The average Bonchev–Trinajstić information content (AvgIpc) is 3.16. The van der Waals surface area contributed by atoms with Crippen LogP contribution < -0.4 is 0 Å². The summed E-state index contributed by atoms with van der Waals surface area (Å²) in [7, 11) is 1.63. The first-order valence-electron chi connectivity index (χ1n) is 9.37. The van der Waals surface area contributed by atoms with Crippen LogP contribution in [0.25, 0.3) is 0 Å². The third-order valence-corrected chi connectivity index (χ3v) is 6.27. The lowest BCUT2D eigenvalue weighted by Gasteiger charge is -2.37. The zero-order chi connectivity index (χ0) is 20.1. The molecule has 0 unspecified atom stereocenters. The molecule has 1 aliphatic rings. The second kappa shape index (κ2) is 9.54. The first-order valence-corrected chi connectivity index (χ1v) is 10.6. The van der Waals surface area contributed by atoms with Crippen LogP contribution >= 0.6 is 22.9 Å². The standard InChI is InChI=1S/C21H25ClN2O3S/c1-15(25)23(10-3-12-27-2)14-20(26)24-11-8-19-18(9-13-28-19)21(24)16-4-6-17(22)7-5-16/h4-7,9,13,21H,3,8,10-12,14H2,1-2H3/t21-/m1/s1. The van der Waals surface area contributed by atoms with Gasteiger partial charge in [-0.3, -0.25) is 9.59 Å². The zero-order valence-corrected chi connectivity index (χ0v) is 17.8. The maximum absolute atomic E-state index is 13.2. The number of benzene rings is 1. The number of carbonyl (C=O) groups excluding carboxylic acids is 2. The molecular formula is C21H25ClN2O3S. The van der Waals surface area contributed by atoms with Crippen LogP contribution in [0, 0.1) is 0 Å². The molecule has 1 aromatic carbocycles. The zero-order valence-electron chi connectivity index (χ0n) is 16.2. The second-order valence-corrected chi connectivity index (χ2v) is 8.31. The molecule has 0 aliphatic carbocycles. The lowest BCUT2D eigenvalue weighted by Crippen LogP contribution is -2.46. The summed E-state index contributed by atoms with van der Waals surface area (Å²) < 4.78 is 5.07. The Balaban J connectivity index is 1.83. The lowest BCUT2D eigenvalue weighted by molar-refractivity contribution is -0.140. The molecule has 1 aromatic heterocycles. The highest BCUT2D eigenvalue weighted by atomic mass is 35.5. The van der Waals surface area contributed by atoms with Crippen molar-refractivity contribution in [3.8, 4) is 0 Å². The minimum Gasteiger partial charge on any atom is -0.385 e. The SMILES string of the molecule is COCCCN(CC(=O)N1CCc2sccc2[C@H]1c1ccc(Cl)cc1)C(C)=O. The Bertz CT molecular complexity index is 821. The second-order valence-electron chi connectivity index (χ2n) is 6.88. The van der Waals surface area contributed by atoms with Crippen LogP contribution in [-0.2, 0) is 20.7 Å². The molecule has 5 nitrogen and oxygen atoms in total. The van der Waals surface area contributed by atoms with Crippen LogP contribution in [-0.4, -0.2) is 55.0 Å². The van der Waals surface area contributed by atoms with Crippen molar-refractivity contribution < 1.29 is 14.3 Å². The number of carbonyl (C=O) groups is 2. The molecule has 150 valence electrons. The Hall–Kier alpha value is -1.89. The number of hydrogen-bond acceptors (Lipinski definition) is 4. The lowest BCUT2D eigenvalue weighted by atomic mass is 9.93. The molecule has 2 aromatic rings. The highest BCUT2D eigenvalue weighted by molar-refractivity contribution is 7.10. The van der Waals surface area contributed by atoms with Crippen molar-refractivity contribution in [1.29, 1.82) is 0 Å². The molecule has 0 N–H and O–H groups in total. The highest BCUT2D eigenvalue weighted by Crippen LogP contribution is 2.38. The van der Waals surface area contributed by atoms with E-state index in [1.54, 1.807) is 23.3 Å². The van der Waals surface area contributed by atoms with Gasteiger partial charge in [0.05, 0.1) is 12.6 Å². The summed E-state index contributed by atoms with van der Waals surface area (Å²) in [5.74, 6) is -0.134. The van der Waals surface area contributed by atoms with Crippen LogP contribution in [0.15, 0.2) is 35.7 Å². The summed E-state index contributed by atoms with van der Waals surface area (Å²) in [4.78, 5) is 30.0. The van der Waals surface area contributed by atoms with Crippen LogP contribution in [0.3, 0.4) is 0 Å². The maximum Gasteiger partial charge on any atom is 0.242 e. The molecule has 0 saturated carbocycles. The van der Waals surface area contributed by atoms with Gasteiger partial charge in [-0.1, -0.05) is 23.7 Å². The molecule has 3 rings (SSSR count). The number of methoxy groups -OCH3 is 1. The monoisotopic (exact) mass is 420 g/mol. The summed E-state index contributed by atoms with van der Waals surface area (Å²) in [6, 6.07) is 9.61. The van der Waals surface area contributed by atoms with E-state index < -0.39 is 0 Å². The molecule has 7 heteroatoms. The third kappa shape index (κ3) is 4.74. The van der Waals surface area contributed by atoms with E-state index in [1.807, 2.05) is 29.2 Å². The molecule has 0 radical (unpaired) electrons. The fraction of sp³-hybridized carbons (Fsp3) is 0.429. The fourth-order valence-corrected chi connectivity index (χ4v) is 4.62. The largest absolute Gasteiger partial charge is 0.385 e. The van der Waals surface area contributed by atoms with Gasteiger partial charge in [-0.2, -0.15) is 0 Å². The maximum atomic E-state index is 13.2. The van der Waals surface area contributed by atoms with Gasteiger partial charge in [0.15, 0.2) is 0 Å². The number of amides is 2. The number of ether oxygens (including phenoxy) is 1. The van der Waals surface area contributed by atoms with Crippen LogP contribution in [0.5, 0.6) is 0 Å². The highest BCUT2D eigenvalue weighted by Gasteiger charge is 2.33. The molecule has 0 spiro atoms. The molecule has 2 heterocycles. The smallest absolute Gasteiger partial charge is 0.242 e. The Morgan fingerprint density at radius 3 is 2.71 bits per heavy atom. The Kier molecular flexibility index (Phi) is 7.10. The van der Waals surface area contributed by atoms with Gasteiger partial charge in [0, 0.05) is 43.6 Å². The molecule has 1 aliphatic heterocycles. The summed E-state index contributed by atoms with van der Waals surface area (Å²) in [5, 5.41) is 2.75. The molecule has 2 amide bonds. The normalized spacial score (nSPS) is 16.0. The van der Waals surface area contributed by atoms with Gasteiger partial charge in [0.2, 0.25) is 11.8 Å². The van der Waals surface area contributed by atoms with Crippen molar-refractivity contribution in [1.82, 2.24) is 9.80 Å². The first kappa shape index (κ1) is 20.8. The predicted octanol–water partition coefficient (Wildman–Crippen LogP) is 3.76. The van der Waals surface area contributed by atoms with Crippen molar-refractivity contribution >= 4 is 34.8 Å². The molecule has 0 bridgehead atoms. The van der Waals surface area contributed by atoms with Crippen molar-refractivity contribution in [2.24, 2.45) is 0 Å². The van der Waals surface area contributed by atoms with Gasteiger partial charge in [0.1, 0.15) is 0 Å². The van der Waals surface area contributed by atoms with E-state index in [2.05, 4.69) is 11.4 Å². The van der Waals surface area contributed by atoms with E-state index in [0.717, 1.165) is 12.0 Å². The number of rotatable bonds is 7. The van der Waals surface area contributed by atoms with E-state index in [4.69, 9.17) is 16.3 Å². The predicted molar refractivity (Wildman–Crippen MR) is 112 cm³/mol. The minimum atomic E-state index is -0.146. The van der Waals surface area contributed by atoms with E-state index in [1.165, 1.54) is 17.4 Å². The van der Waals surface area contributed by atoms with Crippen LogP contribution in [0.1, 0.15) is 35.4 Å². The van der Waals surface area contributed by atoms with E-state index in [9.17, 15) is 9.59 Å². The Labute approximate surface area is 174 Å². The summed E-state index contributed by atoms with van der Waals surface area (Å²) in [5.41, 5.74) is 2.20. The minimum absolute atomic E-state index is 0.0376. The van der Waals surface area contributed by atoms with Crippen molar-refractivity contribution in [3.63, 3.8) is 0 Å². The number of thiophene rings is 1. The quantitative estimate of drug-likeness (QED) is 0.641. The Morgan fingerprint density at radius 2 is 2.04 bits per heavy atom. The van der Waals surface area contributed by atoms with Crippen molar-refractivity contribution in [3.05, 3.63) is 56.7 Å². The number of halogens is 1. The van der Waals surface area contributed by atoms with Crippen LogP contribution in [0.2, 0.25) is 5.02 Å². The van der Waals surface area contributed by atoms with Gasteiger partial charge < -0.3 is 14.5 Å². The topological polar surface area (TPSA) is 49.9 Å². The van der Waals surface area contributed by atoms with E-state index in [-0.39, 0.29) is 24.4 Å². The fourth-order valence-electron chi connectivity index (χ4n) is 3.59. The van der Waals surface area contributed by atoms with E-state index >= 15 is 0 Å². The number of fused-ring (bicyclic) bond motifs is 1. The summed E-state index contributed by atoms with van der Waals surface area (Å²) >= 11 is 7.79. The summed E-state index contributed by atoms with van der Waals surface area (Å²) in [6.07, 6.45) is 1.55. The molecule has 1 atom stereocenters. The van der Waals surface area contributed by atoms with Crippen LogP contribution in [0.4, 0.5) is 0 Å². The molecular weight excluding hydrogens is 396 g/mol. The van der Waals surface area contributed by atoms with Gasteiger partial charge >= 0.3 is 0 Å². The Morgan fingerprint density at radius 1 is 1.29 bits per heavy atom.